The summed E-state index contributed by atoms with van der Waals surface area (Å²) in [6.45, 7) is 2.73. The first kappa shape index (κ1) is 16.1. The fourth-order valence-electron chi connectivity index (χ4n) is 3.07. The van der Waals surface area contributed by atoms with Gasteiger partial charge in [0, 0.05) is 12.1 Å². The molecule has 2 amide bonds. The van der Waals surface area contributed by atoms with E-state index in [1.54, 1.807) is 35.0 Å². The molecule has 0 saturated heterocycles. The molecule has 4 rings (SSSR count). The number of carbonyl (C=O) groups is 2. The van der Waals surface area contributed by atoms with Crippen molar-refractivity contribution >= 4 is 28.5 Å². The van der Waals surface area contributed by atoms with E-state index in [0.29, 0.717) is 29.1 Å². The zero-order chi connectivity index (χ0) is 18.3. The van der Waals surface area contributed by atoms with Gasteiger partial charge < -0.3 is 15.4 Å². The third kappa shape index (κ3) is 2.55. The number of aryl methyl sites for hydroxylation is 1. The summed E-state index contributed by atoms with van der Waals surface area (Å²) in [5, 5.41) is 8.17. The minimum absolute atomic E-state index is 0.0604. The van der Waals surface area contributed by atoms with Gasteiger partial charge in [0.15, 0.2) is 6.10 Å². The molecule has 0 bridgehead atoms. The van der Waals surface area contributed by atoms with E-state index < -0.39 is 12.0 Å². The number of nitrogens with two attached hydrogens (primary N) is 1. The predicted molar refractivity (Wildman–Crippen MR) is 94.9 cm³/mol. The van der Waals surface area contributed by atoms with Gasteiger partial charge in [-0.05, 0) is 37.3 Å². The van der Waals surface area contributed by atoms with E-state index in [1.807, 2.05) is 19.1 Å². The molecule has 8 heteroatoms. The van der Waals surface area contributed by atoms with Gasteiger partial charge in [0.05, 0.1) is 17.7 Å². The number of anilines is 1. The van der Waals surface area contributed by atoms with Gasteiger partial charge in [-0.15, -0.1) is 5.10 Å². The Kier molecular flexibility index (Phi) is 3.80. The fraction of sp³-hybridized carbons (Fsp3) is 0.222. The van der Waals surface area contributed by atoms with Crippen molar-refractivity contribution in [3.8, 4) is 5.75 Å². The normalized spacial score (nSPS) is 16.2. The summed E-state index contributed by atoms with van der Waals surface area (Å²) in [5.74, 6) is -0.410. The van der Waals surface area contributed by atoms with E-state index in [-0.39, 0.29) is 12.5 Å². The molecule has 2 N–H and O–H groups in total. The van der Waals surface area contributed by atoms with Crippen LogP contribution < -0.4 is 15.4 Å². The molecule has 26 heavy (non-hydrogen) atoms. The molecule has 0 saturated carbocycles. The van der Waals surface area contributed by atoms with E-state index in [9.17, 15) is 9.59 Å². The number of nitrogens with zero attached hydrogens (tertiary/aromatic N) is 4. The molecular formula is C18H17N5O3. The molecule has 2 aromatic carbocycles. The molecule has 0 radical (unpaired) electrons. The van der Waals surface area contributed by atoms with Crippen molar-refractivity contribution in [1.82, 2.24) is 15.0 Å². The number of fused-ring (bicyclic) bond motifs is 2. The van der Waals surface area contributed by atoms with Crippen LogP contribution in [0.5, 0.6) is 5.75 Å². The van der Waals surface area contributed by atoms with Crippen molar-refractivity contribution in [3.05, 3.63) is 48.0 Å². The molecule has 0 aliphatic carbocycles. The SMILES string of the molecule is CCn1nnc2cc(C(=O)N3CC(C(N)=O)Oc4ccccc43)ccc21. The van der Waals surface area contributed by atoms with Crippen molar-refractivity contribution in [2.45, 2.75) is 19.6 Å². The quantitative estimate of drug-likeness (QED) is 0.767. The molecule has 0 fully saturated rings. The van der Waals surface area contributed by atoms with Gasteiger partial charge in [-0.2, -0.15) is 0 Å². The molecule has 1 aliphatic rings. The molecule has 2 heterocycles. The predicted octanol–water partition coefficient (Wildman–Crippen LogP) is 1.34. The third-order valence-corrected chi connectivity index (χ3v) is 4.40. The van der Waals surface area contributed by atoms with Crippen LogP contribution in [0.4, 0.5) is 5.69 Å². The first-order chi connectivity index (χ1) is 12.6. The summed E-state index contributed by atoms with van der Waals surface area (Å²) in [7, 11) is 0. The van der Waals surface area contributed by atoms with E-state index >= 15 is 0 Å². The molecule has 132 valence electrons. The van der Waals surface area contributed by atoms with Crippen LogP contribution in [0.15, 0.2) is 42.5 Å². The Morgan fingerprint density at radius 2 is 2.08 bits per heavy atom. The van der Waals surface area contributed by atoms with Gasteiger partial charge in [0.1, 0.15) is 11.3 Å². The number of carbonyl (C=O) groups excluding carboxylic acids is 2. The van der Waals surface area contributed by atoms with E-state index in [1.165, 1.54) is 4.90 Å². The summed E-state index contributed by atoms with van der Waals surface area (Å²) < 4.78 is 7.36. The topological polar surface area (TPSA) is 103 Å². The van der Waals surface area contributed by atoms with Crippen LogP contribution in [0.3, 0.4) is 0 Å². The lowest BCUT2D eigenvalue weighted by atomic mass is 10.1. The molecule has 8 nitrogen and oxygen atoms in total. The highest BCUT2D eigenvalue weighted by molar-refractivity contribution is 6.09. The van der Waals surface area contributed by atoms with Crippen LogP contribution >= 0.6 is 0 Å². The molecule has 1 unspecified atom stereocenters. The molecule has 1 aliphatic heterocycles. The number of ether oxygens (including phenoxy) is 1. The molecule has 3 aromatic rings. The van der Waals surface area contributed by atoms with Gasteiger partial charge in [-0.1, -0.05) is 17.3 Å². The van der Waals surface area contributed by atoms with E-state index in [0.717, 1.165) is 5.52 Å². The van der Waals surface area contributed by atoms with Crippen molar-refractivity contribution in [2.24, 2.45) is 5.73 Å². The van der Waals surface area contributed by atoms with Crippen LogP contribution in [0, 0.1) is 0 Å². The van der Waals surface area contributed by atoms with Crippen LogP contribution in [0.1, 0.15) is 17.3 Å². The number of amides is 2. The fourth-order valence-corrected chi connectivity index (χ4v) is 3.07. The van der Waals surface area contributed by atoms with Gasteiger partial charge >= 0.3 is 0 Å². The maximum atomic E-state index is 13.1. The maximum Gasteiger partial charge on any atom is 0.260 e. The Bertz CT molecular complexity index is 1010. The van der Waals surface area contributed by atoms with Crippen molar-refractivity contribution in [3.63, 3.8) is 0 Å². The summed E-state index contributed by atoms with van der Waals surface area (Å²) in [6.07, 6.45) is -0.890. The highest BCUT2D eigenvalue weighted by Crippen LogP contribution is 2.34. The monoisotopic (exact) mass is 351 g/mol. The second-order valence-electron chi connectivity index (χ2n) is 6.00. The van der Waals surface area contributed by atoms with Crippen molar-refractivity contribution < 1.29 is 14.3 Å². The Morgan fingerprint density at radius 3 is 2.85 bits per heavy atom. The highest BCUT2D eigenvalue weighted by Gasteiger charge is 2.33. The first-order valence-corrected chi connectivity index (χ1v) is 8.28. The Hall–Kier alpha value is -3.42. The minimum atomic E-state index is -0.890. The van der Waals surface area contributed by atoms with Gasteiger partial charge in [-0.25, -0.2) is 4.68 Å². The third-order valence-electron chi connectivity index (χ3n) is 4.40. The molecule has 1 atom stereocenters. The number of para-hydroxylation sites is 2. The maximum absolute atomic E-state index is 13.1. The van der Waals surface area contributed by atoms with E-state index in [2.05, 4.69) is 10.3 Å². The van der Waals surface area contributed by atoms with Gasteiger partial charge in [0.25, 0.3) is 11.8 Å². The Balaban J connectivity index is 1.74. The summed E-state index contributed by atoms with van der Waals surface area (Å²) >= 11 is 0. The number of rotatable bonds is 3. The molecule has 0 spiro atoms. The Morgan fingerprint density at radius 1 is 1.27 bits per heavy atom. The highest BCUT2D eigenvalue weighted by atomic mass is 16.5. The number of hydrogen-bond acceptors (Lipinski definition) is 5. The second kappa shape index (κ2) is 6.14. The van der Waals surface area contributed by atoms with Gasteiger partial charge in [-0.3, -0.25) is 9.59 Å². The zero-order valence-electron chi connectivity index (χ0n) is 14.1. The van der Waals surface area contributed by atoms with Crippen LogP contribution in [-0.4, -0.2) is 39.5 Å². The lowest BCUT2D eigenvalue weighted by molar-refractivity contribution is -0.124. The minimum Gasteiger partial charge on any atom is -0.477 e. The zero-order valence-corrected chi connectivity index (χ0v) is 14.1. The first-order valence-electron chi connectivity index (χ1n) is 8.28. The summed E-state index contributed by atoms with van der Waals surface area (Å²) in [6, 6.07) is 12.3. The largest absolute Gasteiger partial charge is 0.477 e. The smallest absolute Gasteiger partial charge is 0.260 e. The lowest BCUT2D eigenvalue weighted by Gasteiger charge is -2.33. The van der Waals surface area contributed by atoms with Crippen LogP contribution in [0.2, 0.25) is 0 Å². The second-order valence-corrected chi connectivity index (χ2v) is 6.00. The number of benzene rings is 2. The number of primary amides is 1. The van der Waals surface area contributed by atoms with Crippen LogP contribution in [-0.2, 0) is 11.3 Å². The lowest BCUT2D eigenvalue weighted by Crippen LogP contribution is -2.49. The van der Waals surface area contributed by atoms with Crippen LogP contribution in [0.25, 0.3) is 11.0 Å². The standard InChI is InChI=1S/C18H17N5O3/c1-2-23-13-8-7-11(9-12(13)20-21-23)18(25)22-10-16(17(19)24)26-15-6-4-3-5-14(15)22/h3-9,16H,2,10H2,1H3,(H2,19,24). The van der Waals surface area contributed by atoms with Crippen molar-refractivity contribution in [2.75, 3.05) is 11.4 Å². The average Bonchev–Trinajstić information content (AvgIpc) is 3.08. The Labute approximate surface area is 149 Å². The molecule has 1 aromatic heterocycles. The number of hydrogen-bond donors (Lipinski definition) is 1. The average molecular weight is 351 g/mol. The summed E-state index contributed by atoms with van der Waals surface area (Å²) in [4.78, 5) is 26.2. The molecular weight excluding hydrogens is 334 g/mol. The number of aromatic nitrogens is 3. The van der Waals surface area contributed by atoms with E-state index in [4.69, 9.17) is 10.5 Å². The van der Waals surface area contributed by atoms with Crippen molar-refractivity contribution in [1.29, 1.82) is 0 Å². The van der Waals surface area contributed by atoms with Gasteiger partial charge in [0.2, 0.25) is 0 Å². The summed E-state index contributed by atoms with van der Waals surface area (Å²) in [5.41, 5.74) is 7.96.